The third-order valence-electron chi connectivity index (χ3n) is 2.97. The summed E-state index contributed by atoms with van der Waals surface area (Å²) in [6, 6.07) is 0. The van der Waals surface area contributed by atoms with Gasteiger partial charge in [0.1, 0.15) is 0 Å². The van der Waals surface area contributed by atoms with Crippen LogP contribution in [0.15, 0.2) is 0 Å². The van der Waals surface area contributed by atoms with Crippen LogP contribution >= 0.6 is 0 Å². The first kappa shape index (κ1) is 12.0. The molecule has 0 fully saturated rings. The Labute approximate surface area is 77.5 Å². The van der Waals surface area contributed by atoms with Crippen LogP contribution in [0.1, 0.15) is 47.0 Å². The van der Waals surface area contributed by atoms with Crippen molar-refractivity contribution < 1.29 is 4.74 Å². The Morgan fingerprint density at radius 3 is 2.25 bits per heavy atom. The van der Waals surface area contributed by atoms with Gasteiger partial charge in [-0.2, -0.15) is 0 Å². The molecule has 0 aromatic rings. The van der Waals surface area contributed by atoms with Gasteiger partial charge in [0.15, 0.2) is 0 Å². The summed E-state index contributed by atoms with van der Waals surface area (Å²) in [5, 5.41) is 0. The lowest BCUT2D eigenvalue weighted by molar-refractivity contribution is 0.0486. The fourth-order valence-corrected chi connectivity index (χ4v) is 1.44. The molecule has 0 amide bonds. The summed E-state index contributed by atoms with van der Waals surface area (Å²) in [6.45, 7) is 10.0. The number of unbranched alkanes of at least 4 members (excludes halogenated alkanes) is 1. The van der Waals surface area contributed by atoms with Crippen molar-refractivity contribution in [2.24, 2.45) is 11.3 Å². The lowest BCUT2D eigenvalue weighted by Crippen LogP contribution is -2.28. The first-order valence-electron chi connectivity index (χ1n) is 5.05. The Bertz CT molecular complexity index is 110. The number of rotatable bonds is 6. The van der Waals surface area contributed by atoms with Crippen LogP contribution in [0.4, 0.5) is 0 Å². The van der Waals surface area contributed by atoms with Crippen LogP contribution < -0.4 is 0 Å². The largest absolute Gasteiger partial charge is 0.384 e. The van der Waals surface area contributed by atoms with Gasteiger partial charge in [-0.3, -0.25) is 0 Å². The third-order valence-corrected chi connectivity index (χ3v) is 2.97. The molecule has 0 saturated heterocycles. The molecule has 74 valence electrons. The SMILES string of the molecule is CCCCC(C)(COC)C(C)C. The summed E-state index contributed by atoms with van der Waals surface area (Å²) in [5.74, 6) is 0.712. The van der Waals surface area contributed by atoms with Gasteiger partial charge in [0.2, 0.25) is 0 Å². The maximum atomic E-state index is 5.27. The van der Waals surface area contributed by atoms with Crippen molar-refractivity contribution in [3.8, 4) is 0 Å². The van der Waals surface area contributed by atoms with Crippen LogP contribution in [0.5, 0.6) is 0 Å². The third kappa shape index (κ3) is 3.57. The second-order valence-electron chi connectivity index (χ2n) is 4.35. The zero-order valence-electron chi connectivity index (χ0n) is 9.31. The minimum absolute atomic E-state index is 0.380. The van der Waals surface area contributed by atoms with E-state index in [1.54, 1.807) is 7.11 Å². The first-order valence-corrected chi connectivity index (χ1v) is 5.05. The molecule has 1 atom stereocenters. The lowest BCUT2D eigenvalue weighted by atomic mass is 9.76. The summed E-state index contributed by atoms with van der Waals surface area (Å²) in [5.41, 5.74) is 0.380. The highest BCUT2D eigenvalue weighted by atomic mass is 16.5. The van der Waals surface area contributed by atoms with E-state index in [9.17, 15) is 0 Å². The minimum atomic E-state index is 0.380. The molecular formula is C11H24O. The van der Waals surface area contributed by atoms with Crippen molar-refractivity contribution in [2.45, 2.75) is 47.0 Å². The van der Waals surface area contributed by atoms with E-state index >= 15 is 0 Å². The van der Waals surface area contributed by atoms with Gasteiger partial charge in [0.25, 0.3) is 0 Å². The van der Waals surface area contributed by atoms with Crippen LogP contribution in [0.3, 0.4) is 0 Å². The first-order chi connectivity index (χ1) is 5.56. The highest BCUT2D eigenvalue weighted by Crippen LogP contribution is 2.32. The van der Waals surface area contributed by atoms with Gasteiger partial charge in [0, 0.05) is 7.11 Å². The maximum Gasteiger partial charge on any atom is 0.0518 e. The van der Waals surface area contributed by atoms with E-state index in [2.05, 4.69) is 27.7 Å². The lowest BCUT2D eigenvalue weighted by Gasteiger charge is -2.33. The Balaban J connectivity index is 3.99. The molecule has 0 spiro atoms. The van der Waals surface area contributed by atoms with E-state index in [4.69, 9.17) is 4.74 Å². The molecule has 0 N–H and O–H groups in total. The van der Waals surface area contributed by atoms with Gasteiger partial charge >= 0.3 is 0 Å². The molecule has 0 aromatic carbocycles. The fourth-order valence-electron chi connectivity index (χ4n) is 1.44. The molecule has 0 rings (SSSR count). The zero-order chi connectivity index (χ0) is 9.61. The molecule has 1 unspecified atom stereocenters. The van der Waals surface area contributed by atoms with Crippen molar-refractivity contribution in [3.05, 3.63) is 0 Å². The minimum Gasteiger partial charge on any atom is -0.384 e. The van der Waals surface area contributed by atoms with Gasteiger partial charge in [-0.1, -0.05) is 40.5 Å². The summed E-state index contributed by atoms with van der Waals surface area (Å²) in [7, 11) is 1.80. The van der Waals surface area contributed by atoms with Crippen LogP contribution in [0.25, 0.3) is 0 Å². The molecule has 12 heavy (non-hydrogen) atoms. The molecule has 0 heterocycles. The number of ether oxygens (including phenoxy) is 1. The molecule has 0 radical (unpaired) electrons. The predicted octanol–water partition coefficient (Wildman–Crippen LogP) is 3.49. The molecule has 0 saturated carbocycles. The van der Waals surface area contributed by atoms with E-state index < -0.39 is 0 Å². The Hall–Kier alpha value is -0.0400. The quantitative estimate of drug-likeness (QED) is 0.596. The van der Waals surface area contributed by atoms with Gasteiger partial charge < -0.3 is 4.74 Å². The average molecular weight is 172 g/mol. The second-order valence-corrected chi connectivity index (χ2v) is 4.35. The smallest absolute Gasteiger partial charge is 0.0518 e. The van der Waals surface area contributed by atoms with Crippen molar-refractivity contribution in [3.63, 3.8) is 0 Å². The number of methoxy groups -OCH3 is 1. The molecule has 0 aliphatic heterocycles. The Morgan fingerprint density at radius 2 is 1.92 bits per heavy atom. The van der Waals surface area contributed by atoms with E-state index in [-0.39, 0.29) is 0 Å². The molecule has 0 bridgehead atoms. The maximum absolute atomic E-state index is 5.27. The monoisotopic (exact) mass is 172 g/mol. The van der Waals surface area contributed by atoms with Crippen molar-refractivity contribution in [1.29, 1.82) is 0 Å². The average Bonchev–Trinajstić information content (AvgIpc) is 2.01. The molecule has 0 aliphatic rings. The summed E-state index contributed by atoms with van der Waals surface area (Å²) >= 11 is 0. The van der Waals surface area contributed by atoms with E-state index in [1.165, 1.54) is 19.3 Å². The Morgan fingerprint density at radius 1 is 1.33 bits per heavy atom. The molecule has 0 aromatic heterocycles. The molecule has 1 nitrogen and oxygen atoms in total. The fraction of sp³-hybridized carbons (Fsp3) is 1.00. The highest BCUT2D eigenvalue weighted by molar-refractivity contribution is 4.77. The van der Waals surface area contributed by atoms with Gasteiger partial charge in [-0.15, -0.1) is 0 Å². The summed E-state index contributed by atoms with van der Waals surface area (Å²) < 4.78 is 5.27. The van der Waals surface area contributed by atoms with Crippen LogP contribution in [-0.2, 0) is 4.74 Å². The standard InChI is InChI=1S/C11H24O/c1-6-7-8-11(4,9-12-5)10(2)3/h10H,6-9H2,1-5H3. The van der Waals surface area contributed by atoms with Crippen molar-refractivity contribution in [1.82, 2.24) is 0 Å². The van der Waals surface area contributed by atoms with E-state index in [0.29, 0.717) is 11.3 Å². The topological polar surface area (TPSA) is 9.23 Å². The highest BCUT2D eigenvalue weighted by Gasteiger charge is 2.27. The van der Waals surface area contributed by atoms with E-state index in [0.717, 1.165) is 6.61 Å². The van der Waals surface area contributed by atoms with Gasteiger partial charge in [-0.05, 0) is 17.8 Å². The van der Waals surface area contributed by atoms with Crippen LogP contribution in [-0.4, -0.2) is 13.7 Å². The van der Waals surface area contributed by atoms with Crippen LogP contribution in [0.2, 0.25) is 0 Å². The summed E-state index contributed by atoms with van der Waals surface area (Å²) in [4.78, 5) is 0. The van der Waals surface area contributed by atoms with E-state index in [1.807, 2.05) is 0 Å². The second kappa shape index (κ2) is 5.58. The normalized spacial score (nSPS) is 16.5. The van der Waals surface area contributed by atoms with Crippen molar-refractivity contribution in [2.75, 3.05) is 13.7 Å². The molecule has 0 aliphatic carbocycles. The van der Waals surface area contributed by atoms with Gasteiger partial charge in [-0.25, -0.2) is 0 Å². The van der Waals surface area contributed by atoms with Crippen LogP contribution in [0, 0.1) is 11.3 Å². The summed E-state index contributed by atoms with van der Waals surface area (Å²) in [6.07, 6.45) is 3.89. The van der Waals surface area contributed by atoms with Gasteiger partial charge in [0.05, 0.1) is 6.61 Å². The molecule has 1 heteroatoms. The number of hydrogen-bond donors (Lipinski definition) is 0. The molecular weight excluding hydrogens is 148 g/mol. The number of hydrogen-bond acceptors (Lipinski definition) is 1. The zero-order valence-corrected chi connectivity index (χ0v) is 9.31. The van der Waals surface area contributed by atoms with Crippen molar-refractivity contribution >= 4 is 0 Å². The Kier molecular flexibility index (Phi) is 5.56. The predicted molar refractivity (Wildman–Crippen MR) is 54.3 cm³/mol.